The fourth-order valence-electron chi connectivity index (χ4n) is 2.06. The second kappa shape index (κ2) is 6.95. The number of aliphatic hydroxyl groups excluding tert-OH is 1. The molecule has 22 heavy (non-hydrogen) atoms. The molecule has 1 aromatic heterocycles. The van der Waals surface area contributed by atoms with Crippen molar-refractivity contribution in [3.05, 3.63) is 47.9 Å². The van der Waals surface area contributed by atoms with Gasteiger partial charge in [-0.05, 0) is 43.2 Å². The third-order valence-corrected chi connectivity index (χ3v) is 4.77. The number of sulfonamides is 1. The number of methoxy groups -OCH3 is 1. The molecule has 0 amide bonds. The number of hydrogen-bond donors (Lipinski definition) is 2. The highest BCUT2D eigenvalue weighted by molar-refractivity contribution is 7.89. The number of ether oxygens (including phenoxy) is 1. The minimum absolute atomic E-state index is 0.125. The van der Waals surface area contributed by atoms with Gasteiger partial charge in [0.2, 0.25) is 10.0 Å². The smallest absolute Gasteiger partial charge is 0.240 e. The molecule has 0 aliphatic rings. The van der Waals surface area contributed by atoms with Crippen LogP contribution in [-0.4, -0.2) is 27.2 Å². The van der Waals surface area contributed by atoms with Gasteiger partial charge >= 0.3 is 0 Å². The summed E-state index contributed by atoms with van der Waals surface area (Å²) in [5.41, 5.74) is 1.36. The van der Waals surface area contributed by atoms with Gasteiger partial charge < -0.3 is 14.3 Å². The maximum atomic E-state index is 12.2. The van der Waals surface area contributed by atoms with Crippen LogP contribution in [0.25, 0.3) is 0 Å². The second-order valence-corrected chi connectivity index (χ2v) is 6.66. The van der Waals surface area contributed by atoms with Crippen LogP contribution >= 0.6 is 0 Å². The second-order valence-electron chi connectivity index (χ2n) is 4.89. The molecule has 0 fully saturated rings. The minimum atomic E-state index is -3.61. The van der Waals surface area contributed by atoms with Crippen LogP contribution in [0.2, 0.25) is 0 Å². The van der Waals surface area contributed by atoms with E-state index in [4.69, 9.17) is 9.15 Å². The van der Waals surface area contributed by atoms with Gasteiger partial charge in [-0.15, -0.1) is 0 Å². The molecule has 0 bridgehead atoms. The SMILES string of the molecule is COc1ccc(S(=O)(=O)NCCC(O)c2ccoc2)cc1C. The summed E-state index contributed by atoms with van der Waals surface area (Å²) in [6.45, 7) is 1.90. The van der Waals surface area contributed by atoms with Crippen LogP contribution in [0.1, 0.15) is 23.7 Å². The van der Waals surface area contributed by atoms with E-state index >= 15 is 0 Å². The first-order valence-corrected chi connectivity index (χ1v) is 8.27. The zero-order valence-corrected chi connectivity index (χ0v) is 13.3. The van der Waals surface area contributed by atoms with Gasteiger partial charge in [-0.3, -0.25) is 0 Å². The van der Waals surface area contributed by atoms with Crippen molar-refractivity contribution in [1.82, 2.24) is 4.72 Å². The Morgan fingerprint density at radius 1 is 1.36 bits per heavy atom. The van der Waals surface area contributed by atoms with E-state index in [1.807, 2.05) is 0 Å². The Bertz CT molecular complexity index is 710. The van der Waals surface area contributed by atoms with E-state index in [0.29, 0.717) is 11.3 Å². The summed E-state index contributed by atoms with van der Waals surface area (Å²) in [4.78, 5) is 0.170. The van der Waals surface area contributed by atoms with Crippen LogP contribution in [0.5, 0.6) is 5.75 Å². The molecule has 0 aliphatic heterocycles. The van der Waals surface area contributed by atoms with Gasteiger partial charge in [0, 0.05) is 12.1 Å². The van der Waals surface area contributed by atoms with E-state index in [-0.39, 0.29) is 17.9 Å². The summed E-state index contributed by atoms with van der Waals surface area (Å²) in [7, 11) is -2.08. The van der Waals surface area contributed by atoms with Gasteiger partial charge in [0.15, 0.2) is 0 Å². The van der Waals surface area contributed by atoms with Crippen molar-refractivity contribution in [1.29, 1.82) is 0 Å². The fraction of sp³-hybridized carbons (Fsp3) is 0.333. The van der Waals surface area contributed by atoms with Gasteiger partial charge in [-0.25, -0.2) is 13.1 Å². The molecule has 2 aromatic rings. The topological polar surface area (TPSA) is 88.8 Å². The number of aliphatic hydroxyl groups is 1. The lowest BCUT2D eigenvalue weighted by molar-refractivity contribution is 0.168. The molecule has 7 heteroatoms. The van der Waals surface area contributed by atoms with E-state index in [1.165, 1.54) is 25.7 Å². The zero-order chi connectivity index (χ0) is 16.2. The van der Waals surface area contributed by atoms with E-state index in [1.54, 1.807) is 25.1 Å². The molecular formula is C15H19NO5S. The van der Waals surface area contributed by atoms with Gasteiger partial charge in [0.1, 0.15) is 5.75 Å². The third kappa shape index (κ3) is 3.88. The first-order chi connectivity index (χ1) is 10.4. The monoisotopic (exact) mass is 325 g/mol. The summed E-state index contributed by atoms with van der Waals surface area (Å²) >= 11 is 0. The van der Waals surface area contributed by atoms with Crippen molar-refractivity contribution in [2.75, 3.05) is 13.7 Å². The highest BCUT2D eigenvalue weighted by Gasteiger charge is 2.16. The predicted octanol–water partition coefficient (Wildman–Crippen LogP) is 2.00. The van der Waals surface area contributed by atoms with E-state index in [2.05, 4.69) is 4.72 Å². The van der Waals surface area contributed by atoms with Crippen molar-refractivity contribution < 1.29 is 22.7 Å². The lowest BCUT2D eigenvalue weighted by atomic mass is 10.1. The maximum absolute atomic E-state index is 12.2. The molecule has 1 heterocycles. The summed E-state index contributed by atoms with van der Waals surface area (Å²) in [5.74, 6) is 0.634. The van der Waals surface area contributed by atoms with Crippen LogP contribution in [-0.2, 0) is 10.0 Å². The Balaban J connectivity index is 1.98. The van der Waals surface area contributed by atoms with Crippen LogP contribution in [0, 0.1) is 6.92 Å². The Kier molecular flexibility index (Phi) is 5.23. The normalized spacial score (nSPS) is 13.0. The van der Waals surface area contributed by atoms with E-state index in [9.17, 15) is 13.5 Å². The highest BCUT2D eigenvalue weighted by Crippen LogP contribution is 2.21. The quantitative estimate of drug-likeness (QED) is 0.813. The number of furan rings is 1. The van der Waals surface area contributed by atoms with Crippen LogP contribution in [0.15, 0.2) is 46.1 Å². The minimum Gasteiger partial charge on any atom is -0.496 e. The number of benzene rings is 1. The number of hydrogen-bond acceptors (Lipinski definition) is 5. The summed E-state index contributed by atoms with van der Waals surface area (Å²) in [6, 6.07) is 6.30. The Hall–Kier alpha value is -1.83. The lowest BCUT2D eigenvalue weighted by Crippen LogP contribution is -2.26. The highest BCUT2D eigenvalue weighted by atomic mass is 32.2. The molecule has 0 aliphatic carbocycles. The molecule has 0 radical (unpaired) electrons. The molecule has 0 saturated heterocycles. The molecule has 0 spiro atoms. The summed E-state index contributed by atoms with van der Waals surface area (Å²) in [6.07, 6.45) is 2.39. The van der Waals surface area contributed by atoms with Crippen molar-refractivity contribution >= 4 is 10.0 Å². The van der Waals surface area contributed by atoms with E-state index in [0.717, 1.165) is 5.56 Å². The lowest BCUT2D eigenvalue weighted by Gasteiger charge is -2.11. The van der Waals surface area contributed by atoms with E-state index < -0.39 is 16.1 Å². The van der Waals surface area contributed by atoms with Crippen LogP contribution in [0.3, 0.4) is 0 Å². The first kappa shape index (κ1) is 16.5. The average molecular weight is 325 g/mol. The standard InChI is InChI=1S/C15H19NO5S/c1-11-9-13(3-4-15(11)20-2)22(18,19)16-7-5-14(17)12-6-8-21-10-12/h3-4,6,8-10,14,16-17H,5,7H2,1-2H3. The summed E-state index contributed by atoms with van der Waals surface area (Å²) in [5, 5.41) is 9.88. The molecule has 1 unspecified atom stereocenters. The van der Waals surface area contributed by atoms with Gasteiger partial charge in [0.05, 0.1) is 30.6 Å². The third-order valence-electron chi connectivity index (χ3n) is 3.31. The zero-order valence-electron chi connectivity index (χ0n) is 12.4. The van der Waals surface area contributed by atoms with Crippen molar-refractivity contribution in [2.24, 2.45) is 0 Å². The predicted molar refractivity (Wildman–Crippen MR) is 81.2 cm³/mol. The van der Waals surface area contributed by atoms with Gasteiger partial charge in [0.25, 0.3) is 0 Å². The maximum Gasteiger partial charge on any atom is 0.240 e. The number of rotatable bonds is 7. The largest absolute Gasteiger partial charge is 0.496 e. The molecule has 1 aromatic carbocycles. The Morgan fingerprint density at radius 3 is 2.73 bits per heavy atom. The first-order valence-electron chi connectivity index (χ1n) is 6.78. The Morgan fingerprint density at radius 2 is 2.14 bits per heavy atom. The van der Waals surface area contributed by atoms with Gasteiger partial charge in [-0.2, -0.15) is 0 Å². The molecule has 120 valence electrons. The van der Waals surface area contributed by atoms with Crippen LogP contribution < -0.4 is 9.46 Å². The fourth-order valence-corrected chi connectivity index (χ4v) is 3.20. The van der Waals surface area contributed by atoms with Crippen molar-refractivity contribution in [3.8, 4) is 5.75 Å². The van der Waals surface area contributed by atoms with Crippen molar-refractivity contribution in [2.45, 2.75) is 24.3 Å². The average Bonchev–Trinajstić information content (AvgIpc) is 3.01. The summed E-state index contributed by atoms with van der Waals surface area (Å²) < 4.78 is 36.9. The van der Waals surface area contributed by atoms with Crippen molar-refractivity contribution in [3.63, 3.8) is 0 Å². The molecule has 1 atom stereocenters. The Labute approximate surface area is 129 Å². The molecule has 6 nitrogen and oxygen atoms in total. The number of nitrogens with one attached hydrogen (secondary N) is 1. The van der Waals surface area contributed by atoms with Crippen LogP contribution in [0.4, 0.5) is 0 Å². The molecule has 2 N–H and O–H groups in total. The number of aryl methyl sites for hydroxylation is 1. The molecule has 2 rings (SSSR count). The molecule has 0 saturated carbocycles. The van der Waals surface area contributed by atoms with Gasteiger partial charge in [-0.1, -0.05) is 0 Å². The molecular weight excluding hydrogens is 306 g/mol.